The van der Waals surface area contributed by atoms with Crippen LogP contribution in [0.4, 0.5) is 5.69 Å². The van der Waals surface area contributed by atoms with E-state index in [-0.39, 0.29) is 5.56 Å². The molecule has 1 aliphatic carbocycles. The van der Waals surface area contributed by atoms with E-state index in [4.69, 9.17) is 10.5 Å². The maximum atomic E-state index is 12.8. The van der Waals surface area contributed by atoms with Crippen LogP contribution in [0.25, 0.3) is 10.9 Å². The number of ether oxygens (including phenoxy) is 1. The number of aromatic nitrogens is 2. The lowest BCUT2D eigenvalue weighted by molar-refractivity contribution is 0.186. The van der Waals surface area contributed by atoms with Crippen molar-refractivity contribution in [3.63, 3.8) is 0 Å². The number of hydrogen-bond acceptors (Lipinski definition) is 4. The zero-order valence-electron chi connectivity index (χ0n) is 12.3. The summed E-state index contributed by atoms with van der Waals surface area (Å²) >= 11 is 0. The molecule has 0 atom stereocenters. The summed E-state index contributed by atoms with van der Waals surface area (Å²) < 4.78 is 6.67. The predicted molar refractivity (Wildman–Crippen MR) is 83.5 cm³/mol. The van der Waals surface area contributed by atoms with E-state index in [1.54, 1.807) is 18.0 Å². The van der Waals surface area contributed by atoms with E-state index in [2.05, 4.69) is 4.98 Å². The Hall–Kier alpha value is -1.88. The summed E-state index contributed by atoms with van der Waals surface area (Å²) in [7, 11) is 1.63. The molecule has 5 heteroatoms. The highest BCUT2D eigenvalue weighted by Crippen LogP contribution is 2.39. The summed E-state index contributed by atoms with van der Waals surface area (Å²) in [6.07, 6.45) is 6.22. The highest BCUT2D eigenvalue weighted by Gasteiger charge is 2.23. The third kappa shape index (κ3) is 2.53. The summed E-state index contributed by atoms with van der Waals surface area (Å²) in [5, 5.41) is 0.695. The van der Waals surface area contributed by atoms with Crippen molar-refractivity contribution in [2.75, 3.05) is 19.5 Å². The molecular formula is C16H21N3O2. The first kappa shape index (κ1) is 14.1. The molecule has 0 spiro atoms. The van der Waals surface area contributed by atoms with E-state index < -0.39 is 0 Å². The van der Waals surface area contributed by atoms with Crippen LogP contribution in [-0.2, 0) is 11.3 Å². The van der Waals surface area contributed by atoms with Gasteiger partial charge in [0.1, 0.15) is 0 Å². The van der Waals surface area contributed by atoms with Crippen molar-refractivity contribution in [3.8, 4) is 0 Å². The second-order valence-electron chi connectivity index (χ2n) is 5.68. The van der Waals surface area contributed by atoms with Gasteiger partial charge in [-0.1, -0.05) is 12.8 Å². The van der Waals surface area contributed by atoms with Crippen molar-refractivity contribution in [1.82, 2.24) is 9.55 Å². The Morgan fingerprint density at radius 3 is 2.86 bits per heavy atom. The van der Waals surface area contributed by atoms with Crippen molar-refractivity contribution >= 4 is 16.6 Å². The van der Waals surface area contributed by atoms with E-state index in [0.717, 1.165) is 29.6 Å². The predicted octanol–water partition coefficient (Wildman–Crippen LogP) is 2.28. The monoisotopic (exact) mass is 287 g/mol. The molecule has 3 rings (SSSR count). The van der Waals surface area contributed by atoms with Crippen molar-refractivity contribution in [2.24, 2.45) is 0 Å². The number of hydrogen-bond donors (Lipinski definition) is 1. The normalized spacial score (nSPS) is 15.9. The van der Waals surface area contributed by atoms with E-state index in [1.807, 2.05) is 12.1 Å². The molecule has 112 valence electrons. The van der Waals surface area contributed by atoms with Gasteiger partial charge in [-0.05, 0) is 36.5 Å². The molecule has 0 aliphatic heterocycles. The first-order valence-electron chi connectivity index (χ1n) is 7.49. The Labute approximate surface area is 123 Å². The molecule has 0 radical (unpaired) electrons. The fraction of sp³-hybridized carbons (Fsp3) is 0.500. The minimum absolute atomic E-state index is 0.00810. The maximum absolute atomic E-state index is 12.8. The first-order valence-corrected chi connectivity index (χ1v) is 7.49. The first-order chi connectivity index (χ1) is 10.2. The number of nitrogen functional groups attached to an aromatic ring is 1. The molecule has 0 saturated heterocycles. The van der Waals surface area contributed by atoms with Gasteiger partial charge >= 0.3 is 0 Å². The molecule has 5 nitrogen and oxygen atoms in total. The van der Waals surface area contributed by atoms with Gasteiger partial charge in [0.15, 0.2) is 0 Å². The fourth-order valence-corrected chi connectivity index (χ4v) is 3.29. The zero-order valence-corrected chi connectivity index (χ0v) is 12.3. The van der Waals surface area contributed by atoms with Crippen LogP contribution >= 0.6 is 0 Å². The molecule has 2 N–H and O–H groups in total. The van der Waals surface area contributed by atoms with E-state index in [0.29, 0.717) is 24.5 Å². The number of methoxy groups -OCH3 is 1. The molecule has 1 aromatic carbocycles. The maximum Gasteiger partial charge on any atom is 0.261 e. The van der Waals surface area contributed by atoms with Crippen LogP contribution in [0.2, 0.25) is 0 Å². The summed E-state index contributed by atoms with van der Waals surface area (Å²) in [5.74, 6) is 0.390. The zero-order chi connectivity index (χ0) is 14.8. The lowest BCUT2D eigenvalue weighted by atomic mass is 9.92. The van der Waals surface area contributed by atoms with Gasteiger partial charge in [0.05, 0.1) is 30.4 Å². The summed E-state index contributed by atoms with van der Waals surface area (Å²) in [6.45, 7) is 1.01. The largest absolute Gasteiger partial charge is 0.398 e. The van der Waals surface area contributed by atoms with Crippen LogP contribution in [0.3, 0.4) is 0 Å². The minimum atomic E-state index is -0.00810. The van der Waals surface area contributed by atoms with Gasteiger partial charge in [-0.2, -0.15) is 0 Å². The molecule has 0 amide bonds. The van der Waals surface area contributed by atoms with E-state index in [9.17, 15) is 4.79 Å². The fourth-order valence-electron chi connectivity index (χ4n) is 3.29. The molecule has 1 fully saturated rings. The van der Waals surface area contributed by atoms with Crippen molar-refractivity contribution < 1.29 is 4.74 Å². The number of fused-ring (bicyclic) bond motifs is 1. The topological polar surface area (TPSA) is 70.1 Å². The second kappa shape index (κ2) is 5.85. The van der Waals surface area contributed by atoms with Crippen LogP contribution in [-0.4, -0.2) is 23.3 Å². The summed E-state index contributed by atoms with van der Waals surface area (Å²) in [6, 6.07) is 3.72. The number of anilines is 1. The molecule has 1 saturated carbocycles. The van der Waals surface area contributed by atoms with Gasteiger partial charge < -0.3 is 10.5 Å². The molecule has 1 aromatic heterocycles. The lowest BCUT2D eigenvalue weighted by Gasteiger charge is -2.16. The van der Waals surface area contributed by atoms with Gasteiger partial charge in [-0.3, -0.25) is 9.36 Å². The number of nitrogens with two attached hydrogens (primary N) is 1. The van der Waals surface area contributed by atoms with Gasteiger partial charge in [-0.25, -0.2) is 4.98 Å². The smallest absolute Gasteiger partial charge is 0.261 e. The molecule has 1 aliphatic rings. The van der Waals surface area contributed by atoms with Gasteiger partial charge in [0.2, 0.25) is 0 Å². The lowest BCUT2D eigenvalue weighted by Crippen LogP contribution is -2.24. The number of benzene rings is 1. The van der Waals surface area contributed by atoms with Crippen LogP contribution in [0.5, 0.6) is 0 Å². The van der Waals surface area contributed by atoms with E-state index >= 15 is 0 Å². The van der Waals surface area contributed by atoms with Crippen molar-refractivity contribution in [3.05, 3.63) is 34.4 Å². The molecule has 0 bridgehead atoms. The quantitative estimate of drug-likeness (QED) is 0.876. The molecule has 21 heavy (non-hydrogen) atoms. The van der Waals surface area contributed by atoms with Crippen LogP contribution < -0.4 is 11.3 Å². The van der Waals surface area contributed by atoms with Crippen LogP contribution in [0, 0.1) is 0 Å². The third-order valence-corrected chi connectivity index (χ3v) is 4.37. The average molecular weight is 287 g/mol. The summed E-state index contributed by atoms with van der Waals surface area (Å²) in [4.78, 5) is 17.2. The molecule has 1 heterocycles. The molecule has 2 aromatic rings. The van der Waals surface area contributed by atoms with Crippen molar-refractivity contribution in [1.29, 1.82) is 0 Å². The number of nitrogens with zero attached hydrogens (tertiary/aromatic N) is 2. The Morgan fingerprint density at radius 2 is 2.14 bits per heavy atom. The minimum Gasteiger partial charge on any atom is -0.398 e. The average Bonchev–Trinajstić information content (AvgIpc) is 3.01. The Balaban J connectivity index is 2.19. The Morgan fingerprint density at radius 1 is 1.38 bits per heavy atom. The summed E-state index contributed by atoms with van der Waals surface area (Å²) in [5.41, 5.74) is 8.65. The second-order valence-corrected chi connectivity index (χ2v) is 5.68. The van der Waals surface area contributed by atoms with Gasteiger partial charge in [0.25, 0.3) is 5.56 Å². The highest BCUT2D eigenvalue weighted by atomic mass is 16.5. The van der Waals surface area contributed by atoms with E-state index in [1.165, 1.54) is 12.8 Å². The highest BCUT2D eigenvalue weighted by molar-refractivity contribution is 5.86. The standard InChI is InChI=1S/C16H21N3O2/c1-21-9-8-19-10-18-13-7-6-12(17)14(15(13)16(19)20)11-4-2-3-5-11/h6-7,10-11H,2-5,8-9,17H2,1H3. The van der Waals surface area contributed by atoms with Crippen LogP contribution in [0.1, 0.15) is 37.2 Å². The third-order valence-electron chi connectivity index (χ3n) is 4.37. The SMILES string of the molecule is COCCn1cnc2ccc(N)c(C3CCCC3)c2c1=O. The van der Waals surface area contributed by atoms with Gasteiger partial charge in [-0.15, -0.1) is 0 Å². The Kier molecular flexibility index (Phi) is 3.92. The van der Waals surface area contributed by atoms with Crippen LogP contribution in [0.15, 0.2) is 23.3 Å². The molecule has 0 unspecified atom stereocenters. The molecular weight excluding hydrogens is 266 g/mol. The van der Waals surface area contributed by atoms with Crippen molar-refractivity contribution in [2.45, 2.75) is 38.1 Å². The Bertz CT molecular complexity index is 702. The number of rotatable bonds is 4. The van der Waals surface area contributed by atoms with Gasteiger partial charge in [0, 0.05) is 12.8 Å².